The highest BCUT2D eigenvalue weighted by Crippen LogP contribution is 2.21. The van der Waals surface area contributed by atoms with Crippen LogP contribution in [-0.4, -0.2) is 28.0 Å². The molecule has 126 valence electrons. The minimum Gasteiger partial charge on any atom is -0.480 e. The molecule has 1 heterocycles. The molecule has 5 heteroatoms. The van der Waals surface area contributed by atoms with Crippen molar-refractivity contribution in [3.63, 3.8) is 0 Å². The van der Waals surface area contributed by atoms with E-state index in [9.17, 15) is 14.7 Å². The molecule has 0 fully saturated rings. The van der Waals surface area contributed by atoms with Crippen LogP contribution in [0.15, 0.2) is 48.7 Å². The van der Waals surface area contributed by atoms with Crippen LogP contribution in [0.25, 0.3) is 0 Å². The van der Waals surface area contributed by atoms with Crippen LogP contribution >= 0.6 is 0 Å². The molecular weight excluding hydrogens is 304 g/mol. The van der Waals surface area contributed by atoms with Crippen LogP contribution in [0.5, 0.6) is 0 Å². The standard InChI is InChI=1S/C19H22N2O3/c1-19(2,3)14-9-10-15(20-12-14)17(22)21-16(18(23)24)11-13-7-5-4-6-8-13/h4-10,12,16H,11H2,1-3H3,(H,21,22)(H,23,24). The molecule has 5 nitrogen and oxygen atoms in total. The number of benzene rings is 1. The highest BCUT2D eigenvalue weighted by atomic mass is 16.4. The Balaban J connectivity index is 2.09. The van der Waals surface area contributed by atoms with Crippen molar-refractivity contribution in [3.05, 3.63) is 65.5 Å². The first kappa shape index (κ1) is 17.7. The average Bonchev–Trinajstić information content (AvgIpc) is 2.54. The fraction of sp³-hybridized carbons (Fsp3) is 0.316. The Labute approximate surface area is 141 Å². The van der Waals surface area contributed by atoms with Gasteiger partial charge < -0.3 is 10.4 Å². The van der Waals surface area contributed by atoms with Crippen molar-refractivity contribution in [2.75, 3.05) is 0 Å². The number of amides is 1. The van der Waals surface area contributed by atoms with Crippen LogP contribution in [-0.2, 0) is 16.6 Å². The summed E-state index contributed by atoms with van der Waals surface area (Å²) < 4.78 is 0. The van der Waals surface area contributed by atoms with Gasteiger partial charge in [-0.25, -0.2) is 4.79 Å². The Kier molecular flexibility index (Phi) is 5.34. The van der Waals surface area contributed by atoms with E-state index in [-0.39, 0.29) is 17.5 Å². The van der Waals surface area contributed by atoms with Crippen LogP contribution in [0.3, 0.4) is 0 Å². The number of aliphatic carboxylic acids is 1. The van der Waals surface area contributed by atoms with Gasteiger partial charge in [-0.05, 0) is 22.6 Å². The van der Waals surface area contributed by atoms with Gasteiger partial charge in [0, 0.05) is 12.6 Å². The van der Waals surface area contributed by atoms with Gasteiger partial charge in [0.2, 0.25) is 0 Å². The number of nitrogens with one attached hydrogen (secondary N) is 1. The first-order chi connectivity index (χ1) is 11.3. The molecule has 0 radical (unpaired) electrons. The summed E-state index contributed by atoms with van der Waals surface area (Å²) in [5.41, 5.74) is 2.01. The lowest BCUT2D eigenvalue weighted by molar-refractivity contribution is -0.139. The lowest BCUT2D eigenvalue weighted by Gasteiger charge is -2.19. The predicted octanol–water partition coefficient (Wildman–Crippen LogP) is 2.80. The Bertz CT molecular complexity index is 704. The van der Waals surface area contributed by atoms with Crippen LogP contribution in [0.2, 0.25) is 0 Å². The van der Waals surface area contributed by atoms with Gasteiger partial charge in [0.15, 0.2) is 0 Å². The normalized spacial score (nSPS) is 12.5. The van der Waals surface area contributed by atoms with E-state index in [0.29, 0.717) is 0 Å². The van der Waals surface area contributed by atoms with Gasteiger partial charge in [-0.3, -0.25) is 9.78 Å². The molecule has 0 saturated heterocycles. The molecule has 0 aliphatic heterocycles. The third-order valence-electron chi connectivity index (χ3n) is 3.75. The summed E-state index contributed by atoms with van der Waals surface area (Å²) in [5.74, 6) is -1.56. The fourth-order valence-electron chi connectivity index (χ4n) is 2.25. The largest absolute Gasteiger partial charge is 0.480 e. The maximum Gasteiger partial charge on any atom is 0.326 e. The molecule has 2 rings (SSSR count). The summed E-state index contributed by atoms with van der Waals surface area (Å²) >= 11 is 0. The Morgan fingerprint density at radius 1 is 1.12 bits per heavy atom. The molecule has 0 aliphatic carbocycles. The SMILES string of the molecule is CC(C)(C)c1ccc(C(=O)NC(Cc2ccccc2)C(=O)O)nc1. The molecule has 2 aromatic rings. The topological polar surface area (TPSA) is 79.3 Å². The lowest BCUT2D eigenvalue weighted by Crippen LogP contribution is -2.42. The van der Waals surface area contributed by atoms with Gasteiger partial charge in [-0.1, -0.05) is 57.2 Å². The van der Waals surface area contributed by atoms with E-state index in [0.717, 1.165) is 11.1 Å². The van der Waals surface area contributed by atoms with E-state index in [1.54, 1.807) is 12.3 Å². The van der Waals surface area contributed by atoms with E-state index in [4.69, 9.17) is 0 Å². The molecule has 1 unspecified atom stereocenters. The number of carboxylic acids is 1. The van der Waals surface area contributed by atoms with Crippen molar-refractivity contribution < 1.29 is 14.7 Å². The smallest absolute Gasteiger partial charge is 0.326 e. The summed E-state index contributed by atoms with van der Waals surface area (Å²) in [5, 5.41) is 11.9. The Hall–Kier alpha value is -2.69. The first-order valence-corrected chi connectivity index (χ1v) is 7.81. The lowest BCUT2D eigenvalue weighted by atomic mass is 9.88. The van der Waals surface area contributed by atoms with E-state index >= 15 is 0 Å². The maximum absolute atomic E-state index is 12.3. The number of hydrogen-bond donors (Lipinski definition) is 2. The van der Waals surface area contributed by atoms with Crippen molar-refractivity contribution in [1.82, 2.24) is 10.3 Å². The van der Waals surface area contributed by atoms with Crippen LogP contribution in [0.4, 0.5) is 0 Å². The van der Waals surface area contributed by atoms with Crippen molar-refractivity contribution in [3.8, 4) is 0 Å². The minimum atomic E-state index is -1.07. The predicted molar refractivity (Wildman–Crippen MR) is 92.0 cm³/mol. The van der Waals surface area contributed by atoms with E-state index in [1.807, 2.05) is 36.4 Å². The summed E-state index contributed by atoms with van der Waals surface area (Å²) in [6.45, 7) is 6.18. The highest BCUT2D eigenvalue weighted by Gasteiger charge is 2.22. The zero-order valence-electron chi connectivity index (χ0n) is 14.1. The number of aromatic nitrogens is 1. The number of carbonyl (C=O) groups is 2. The summed E-state index contributed by atoms with van der Waals surface area (Å²) in [6.07, 6.45) is 1.88. The van der Waals surface area contributed by atoms with Gasteiger partial charge in [-0.2, -0.15) is 0 Å². The molecule has 0 aliphatic rings. The fourth-order valence-corrected chi connectivity index (χ4v) is 2.25. The molecule has 0 saturated carbocycles. The molecule has 0 spiro atoms. The maximum atomic E-state index is 12.3. The number of hydrogen-bond acceptors (Lipinski definition) is 3. The van der Waals surface area contributed by atoms with E-state index < -0.39 is 17.9 Å². The number of nitrogens with zero attached hydrogens (tertiary/aromatic N) is 1. The highest BCUT2D eigenvalue weighted by molar-refractivity contribution is 5.95. The summed E-state index contributed by atoms with van der Waals surface area (Å²) in [6, 6.07) is 11.7. The second-order valence-electron chi connectivity index (χ2n) is 6.74. The average molecular weight is 326 g/mol. The van der Waals surface area contributed by atoms with Crippen molar-refractivity contribution in [1.29, 1.82) is 0 Å². The van der Waals surface area contributed by atoms with E-state index in [1.165, 1.54) is 0 Å². The second kappa shape index (κ2) is 7.25. The second-order valence-corrected chi connectivity index (χ2v) is 6.74. The molecule has 0 bridgehead atoms. The van der Waals surface area contributed by atoms with E-state index in [2.05, 4.69) is 31.1 Å². The zero-order valence-corrected chi connectivity index (χ0v) is 14.1. The Morgan fingerprint density at radius 3 is 2.29 bits per heavy atom. The number of carbonyl (C=O) groups excluding carboxylic acids is 1. The number of pyridine rings is 1. The molecule has 1 atom stereocenters. The zero-order chi connectivity index (χ0) is 17.7. The van der Waals surface area contributed by atoms with Crippen molar-refractivity contribution >= 4 is 11.9 Å². The van der Waals surface area contributed by atoms with Crippen LogP contribution in [0.1, 0.15) is 42.4 Å². The quantitative estimate of drug-likeness (QED) is 0.885. The van der Waals surface area contributed by atoms with Crippen molar-refractivity contribution in [2.24, 2.45) is 0 Å². The molecular formula is C19H22N2O3. The van der Waals surface area contributed by atoms with Gasteiger partial charge in [0.25, 0.3) is 5.91 Å². The molecule has 1 amide bonds. The number of carboxylic acid groups (broad SMARTS) is 1. The molecule has 24 heavy (non-hydrogen) atoms. The van der Waals surface area contributed by atoms with Gasteiger partial charge in [0.05, 0.1) is 0 Å². The van der Waals surface area contributed by atoms with Crippen LogP contribution < -0.4 is 5.32 Å². The minimum absolute atomic E-state index is 0.0566. The molecule has 1 aromatic carbocycles. The van der Waals surface area contributed by atoms with Gasteiger partial charge in [-0.15, -0.1) is 0 Å². The third-order valence-corrected chi connectivity index (χ3v) is 3.75. The van der Waals surface area contributed by atoms with Crippen LogP contribution in [0, 0.1) is 0 Å². The van der Waals surface area contributed by atoms with Gasteiger partial charge in [0.1, 0.15) is 11.7 Å². The van der Waals surface area contributed by atoms with Gasteiger partial charge >= 0.3 is 5.97 Å². The molecule has 2 N–H and O–H groups in total. The molecule has 1 aromatic heterocycles. The summed E-state index contributed by atoms with van der Waals surface area (Å²) in [7, 11) is 0. The third kappa shape index (κ3) is 4.65. The first-order valence-electron chi connectivity index (χ1n) is 7.81. The number of rotatable bonds is 5. The summed E-state index contributed by atoms with van der Waals surface area (Å²) in [4.78, 5) is 27.9. The van der Waals surface area contributed by atoms with Crippen molar-refractivity contribution in [2.45, 2.75) is 38.6 Å². The Morgan fingerprint density at radius 2 is 1.79 bits per heavy atom. The monoisotopic (exact) mass is 326 g/mol.